The molecule has 2 rings (SSSR count). The Morgan fingerprint density at radius 1 is 1.10 bits per heavy atom. The van der Waals surface area contributed by atoms with E-state index in [9.17, 15) is 0 Å². The Labute approximate surface area is 120 Å². The Bertz CT molecular complexity index is 599. The molecule has 20 heavy (non-hydrogen) atoms. The summed E-state index contributed by atoms with van der Waals surface area (Å²) in [5.41, 5.74) is 9.22. The maximum Gasteiger partial charge on any atom is 0.101 e. The highest BCUT2D eigenvalue weighted by Crippen LogP contribution is 2.32. The number of nitrogen functional groups attached to an aromatic ring is 1. The summed E-state index contributed by atoms with van der Waals surface area (Å²) in [7, 11) is 0. The lowest BCUT2D eigenvalue weighted by atomic mass is 10.1. The molecule has 0 bridgehead atoms. The van der Waals surface area contributed by atoms with Gasteiger partial charge in [-0.15, -0.1) is 0 Å². The fourth-order valence-corrected chi connectivity index (χ4v) is 2.20. The van der Waals surface area contributed by atoms with Crippen LogP contribution >= 0.6 is 0 Å². The monoisotopic (exact) mass is 265 g/mol. The molecule has 0 aromatic heterocycles. The zero-order valence-electron chi connectivity index (χ0n) is 11.7. The maximum absolute atomic E-state index is 9.12. The van der Waals surface area contributed by atoms with Gasteiger partial charge in [0.15, 0.2) is 0 Å². The first-order valence-corrected chi connectivity index (χ1v) is 6.89. The van der Waals surface area contributed by atoms with E-state index in [2.05, 4.69) is 30.0 Å². The van der Waals surface area contributed by atoms with E-state index in [0.717, 1.165) is 30.8 Å². The van der Waals surface area contributed by atoms with Crippen LogP contribution in [0.2, 0.25) is 0 Å². The number of hydrogen-bond donors (Lipinski definition) is 1. The minimum atomic E-state index is 0.528. The highest BCUT2D eigenvalue weighted by atomic mass is 15.1. The van der Waals surface area contributed by atoms with Gasteiger partial charge in [-0.1, -0.05) is 37.6 Å². The molecule has 0 amide bonds. The molecule has 0 spiro atoms. The van der Waals surface area contributed by atoms with Crippen molar-refractivity contribution in [3.8, 4) is 6.07 Å². The highest BCUT2D eigenvalue weighted by Gasteiger charge is 2.13. The summed E-state index contributed by atoms with van der Waals surface area (Å²) in [5.74, 6) is 0. The van der Waals surface area contributed by atoms with E-state index in [1.54, 1.807) is 6.07 Å². The number of nitrogens with two attached hydrogens (primary N) is 1. The Hall–Kier alpha value is -2.47. The summed E-state index contributed by atoms with van der Waals surface area (Å²) < 4.78 is 0. The van der Waals surface area contributed by atoms with Crippen molar-refractivity contribution in [2.75, 3.05) is 17.2 Å². The Kier molecular flexibility index (Phi) is 4.62. The number of hydrogen-bond acceptors (Lipinski definition) is 3. The van der Waals surface area contributed by atoms with Gasteiger partial charge in [-0.2, -0.15) is 5.26 Å². The normalized spacial score (nSPS) is 10.0. The predicted octanol–water partition coefficient (Wildman–Crippen LogP) is 4.08. The third-order valence-corrected chi connectivity index (χ3v) is 3.30. The van der Waals surface area contributed by atoms with Gasteiger partial charge in [0.2, 0.25) is 0 Å². The van der Waals surface area contributed by atoms with Crippen molar-refractivity contribution < 1.29 is 0 Å². The number of benzene rings is 2. The quantitative estimate of drug-likeness (QED) is 0.829. The molecule has 3 heteroatoms. The van der Waals surface area contributed by atoms with Crippen LogP contribution in [0.25, 0.3) is 0 Å². The summed E-state index contributed by atoms with van der Waals surface area (Å²) in [6.07, 6.45) is 2.19. The molecule has 2 N–H and O–H groups in total. The zero-order valence-corrected chi connectivity index (χ0v) is 11.7. The highest BCUT2D eigenvalue weighted by molar-refractivity contribution is 5.79. The summed E-state index contributed by atoms with van der Waals surface area (Å²) in [4.78, 5) is 2.18. The average Bonchev–Trinajstić information content (AvgIpc) is 2.50. The summed E-state index contributed by atoms with van der Waals surface area (Å²) in [5, 5.41) is 9.12. The molecular weight excluding hydrogens is 246 g/mol. The molecule has 3 nitrogen and oxygen atoms in total. The summed E-state index contributed by atoms with van der Waals surface area (Å²) in [6.45, 7) is 3.05. The molecule has 0 aliphatic carbocycles. The molecule has 0 aliphatic rings. The fraction of sp³-hybridized carbons (Fsp3) is 0.235. The second-order valence-electron chi connectivity index (χ2n) is 4.69. The number of nitriles is 1. The van der Waals surface area contributed by atoms with Crippen LogP contribution in [0.1, 0.15) is 25.3 Å². The topological polar surface area (TPSA) is 53.0 Å². The SMILES string of the molecule is CCCCN(c1ccccc1)c1cccc(C#N)c1N. The van der Waals surface area contributed by atoms with Crippen LogP contribution in [0.4, 0.5) is 17.1 Å². The van der Waals surface area contributed by atoms with Gasteiger partial charge in [-0.05, 0) is 30.7 Å². The average molecular weight is 265 g/mol. The third kappa shape index (κ3) is 2.92. The van der Waals surface area contributed by atoms with Gasteiger partial charge in [0.25, 0.3) is 0 Å². The lowest BCUT2D eigenvalue weighted by Crippen LogP contribution is -2.19. The van der Waals surface area contributed by atoms with E-state index in [1.165, 1.54) is 0 Å². The Morgan fingerprint density at radius 3 is 2.50 bits per heavy atom. The molecule has 0 saturated carbocycles. The van der Waals surface area contributed by atoms with Crippen LogP contribution in [-0.2, 0) is 0 Å². The van der Waals surface area contributed by atoms with E-state index in [0.29, 0.717) is 11.3 Å². The van der Waals surface area contributed by atoms with E-state index in [-0.39, 0.29) is 0 Å². The van der Waals surface area contributed by atoms with Crippen LogP contribution in [-0.4, -0.2) is 6.54 Å². The van der Waals surface area contributed by atoms with Gasteiger partial charge in [0.1, 0.15) is 6.07 Å². The number of anilines is 3. The molecule has 0 aliphatic heterocycles. The van der Waals surface area contributed by atoms with Crippen molar-refractivity contribution in [3.63, 3.8) is 0 Å². The smallest absolute Gasteiger partial charge is 0.101 e. The van der Waals surface area contributed by atoms with Crippen molar-refractivity contribution >= 4 is 17.1 Å². The molecular formula is C17H19N3. The molecule has 2 aromatic rings. The van der Waals surface area contributed by atoms with Gasteiger partial charge in [0.05, 0.1) is 16.9 Å². The molecule has 0 saturated heterocycles. The summed E-state index contributed by atoms with van der Waals surface area (Å²) in [6, 6.07) is 17.9. The van der Waals surface area contributed by atoms with Gasteiger partial charge in [0, 0.05) is 12.2 Å². The molecule has 2 aromatic carbocycles. The van der Waals surface area contributed by atoms with E-state index in [1.807, 2.05) is 30.3 Å². The second-order valence-corrected chi connectivity index (χ2v) is 4.69. The van der Waals surface area contributed by atoms with Crippen molar-refractivity contribution in [2.24, 2.45) is 0 Å². The zero-order chi connectivity index (χ0) is 14.4. The first-order chi connectivity index (χ1) is 9.77. The summed E-state index contributed by atoms with van der Waals surface area (Å²) >= 11 is 0. The van der Waals surface area contributed by atoms with Crippen molar-refractivity contribution in [1.29, 1.82) is 5.26 Å². The van der Waals surface area contributed by atoms with Crippen LogP contribution in [0.15, 0.2) is 48.5 Å². The molecule has 102 valence electrons. The molecule has 0 radical (unpaired) electrons. The standard InChI is InChI=1S/C17H19N3/c1-2-3-12-20(15-9-5-4-6-10-15)16-11-7-8-14(13-18)17(16)19/h4-11H,2-3,12,19H2,1H3. The first kappa shape index (κ1) is 14.0. The van der Waals surface area contributed by atoms with E-state index < -0.39 is 0 Å². The van der Waals surface area contributed by atoms with Crippen molar-refractivity contribution in [2.45, 2.75) is 19.8 Å². The molecule has 0 heterocycles. The number of nitrogens with zero attached hydrogens (tertiary/aromatic N) is 2. The maximum atomic E-state index is 9.12. The van der Waals surface area contributed by atoms with Gasteiger partial charge < -0.3 is 10.6 Å². The lowest BCUT2D eigenvalue weighted by Gasteiger charge is -2.26. The lowest BCUT2D eigenvalue weighted by molar-refractivity contribution is 0.786. The number of unbranched alkanes of at least 4 members (excludes halogenated alkanes) is 1. The molecule has 0 fully saturated rings. The minimum Gasteiger partial charge on any atom is -0.396 e. The Morgan fingerprint density at radius 2 is 1.85 bits per heavy atom. The first-order valence-electron chi connectivity index (χ1n) is 6.89. The van der Waals surface area contributed by atoms with Gasteiger partial charge >= 0.3 is 0 Å². The number of rotatable bonds is 5. The van der Waals surface area contributed by atoms with Gasteiger partial charge in [-0.3, -0.25) is 0 Å². The van der Waals surface area contributed by atoms with E-state index >= 15 is 0 Å². The molecule has 0 unspecified atom stereocenters. The third-order valence-electron chi connectivity index (χ3n) is 3.30. The Balaban J connectivity index is 2.45. The fourth-order valence-electron chi connectivity index (χ4n) is 2.20. The van der Waals surface area contributed by atoms with Crippen molar-refractivity contribution in [3.05, 3.63) is 54.1 Å². The van der Waals surface area contributed by atoms with Gasteiger partial charge in [-0.25, -0.2) is 0 Å². The molecule has 0 atom stereocenters. The predicted molar refractivity (Wildman–Crippen MR) is 83.9 cm³/mol. The second kappa shape index (κ2) is 6.63. The number of para-hydroxylation sites is 2. The van der Waals surface area contributed by atoms with Crippen LogP contribution in [0.3, 0.4) is 0 Å². The minimum absolute atomic E-state index is 0.528. The van der Waals surface area contributed by atoms with Crippen LogP contribution in [0.5, 0.6) is 0 Å². The largest absolute Gasteiger partial charge is 0.396 e. The van der Waals surface area contributed by atoms with Crippen LogP contribution < -0.4 is 10.6 Å². The van der Waals surface area contributed by atoms with Crippen molar-refractivity contribution in [1.82, 2.24) is 0 Å². The van der Waals surface area contributed by atoms with E-state index in [4.69, 9.17) is 11.0 Å². The van der Waals surface area contributed by atoms with Crippen LogP contribution in [0, 0.1) is 11.3 Å².